The van der Waals surface area contributed by atoms with Gasteiger partial charge in [-0.05, 0) is 86.5 Å². The summed E-state index contributed by atoms with van der Waals surface area (Å²) in [6.07, 6.45) is 15.7. The van der Waals surface area contributed by atoms with Crippen molar-refractivity contribution in [3.05, 3.63) is 5.82 Å². The van der Waals surface area contributed by atoms with Gasteiger partial charge in [0.15, 0.2) is 5.82 Å². The van der Waals surface area contributed by atoms with Gasteiger partial charge < -0.3 is 0 Å². The summed E-state index contributed by atoms with van der Waals surface area (Å²) in [4.78, 5) is 0. The van der Waals surface area contributed by atoms with E-state index in [1.165, 1.54) is 63.5 Å². The van der Waals surface area contributed by atoms with Crippen molar-refractivity contribution >= 4 is 5.71 Å². The number of hydrogen-bond acceptors (Lipinski definition) is 5. The Morgan fingerprint density at radius 3 is 2.30 bits per heavy atom. The topological polar surface area (TPSA) is 68.0 Å². The van der Waals surface area contributed by atoms with Gasteiger partial charge in [0.1, 0.15) is 5.54 Å². The molecule has 0 amide bonds. The first-order valence-electron chi connectivity index (χ1n) is 11.3. The summed E-state index contributed by atoms with van der Waals surface area (Å²) in [5.74, 6) is 2.66. The normalized spacial score (nSPS) is 33.0. The summed E-state index contributed by atoms with van der Waals surface area (Å²) < 4.78 is 2.16. The van der Waals surface area contributed by atoms with E-state index in [1.54, 1.807) is 0 Å². The van der Waals surface area contributed by atoms with Crippen LogP contribution in [-0.4, -0.2) is 25.9 Å². The van der Waals surface area contributed by atoms with Crippen LogP contribution in [-0.2, 0) is 5.54 Å². The van der Waals surface area contributed by atoms with Gasteiger partial charge in [0.2, 0.25) is 0 Å². The number of aromatic nitrogens is 4. The second kappa shape index (κ2) is 8.27. The molecule has 0 bridgehead atoms. The molecule has 0 radical (unpaired) electrons. The third kappa shape index (κ3) is 4.19. The zero-order valence-corrected chi connectivity index (χ0v) is 17.2. The first kappa shape index (κ1) is 18.9. The zero-order valence-electron chi connectivity index (χ0n) is 17.2. The van der Waals surface area contributed by atoms with Crippen molar-refractivity contribution < 1.29 is 0 Å². The summed E-state index contributed by atoms with van der Waals surface area (Å²) >= 11 is 0. The molecule has 0 saturated heterocycles. The average Bonchev–Trinajstić information content (AvgIpc) is 3.20. The molecule has 0 unspecified atom stereocenters. The number of tetrazole rings is 1. The highest BCUT2D eigenvalue weighted by atomic mass is 15.6. The molecule has 1 N–H and O–H groups in total. The van der Waals surface area contributed by atoms with E-state index in [4.69, 9.17) is 5.10 Å². The van der Waals surface area contributed by atoms with E-state index in [0.717, 1.165) is 43.3 Å². The van der Waals surface area contributed by atoms with Crippen LogP contribution in [0.15, 0.2) is 5.10 Å². The summed E-state index contributed by atoms with van der Waals surface area (Å²) in [7, 11) is 0. The highest BCUT2D eigenvalue weighted by molar-refractivity contribution is 5.84. The van der Waals surface area contributed by atoms with E-state index in [-0.39, 0.29) is 5.54 Å². The van der Waals surface area contributed by atoms with E-state index >= 15 is 0 Å². The molecule has 0 atom stereocenters. The van der Waals surface area contributed by atoms with E-state index < -0.39 is 0 Å². The van der Waals surface area contributed by atoms with E-state index in [9.17, 15) is 0 Å². The maximum absolute atomic E-state index is 4.94. The summed E-state index contributed by atoms with van der Waals surface area (Å²) in [5, 5.41) is 18.1. The Balaban J connectivity index is 1.58. The van der Waals surface area contributed by atoms with Gasteiger partial charge in [-0.25, -0.2) is 4.68 Å². The van der Waals surface area contributed by atoms with Crippen LogP contribution in [0.4, 0.5) is 0 Å². The van der Waals surface area contributed by atoms with E-state index in [2.05, 4.69) is 39.5 Å². The third-order valence-corrected chi connectivity index (χ3v) is 7.25. The average molecular weight is 373 g/mol. The van der Waals surface area contributed by atoms with Gasteiger partial charge in [-0.1, -0.05) is 33.1 Å². The van der Waals surface area contributed by atoms with Gasteiger partial charge in [-0.15, -0.1) is 5.10 Å². The molecule has 3 aliphatic rings. The minimum Gasteiger partial charge on any atom is -0.296 e. The SMILES string of the molecule is CC1CCC(=NNC2(c3nnnn3C3CCCCC3)CCC(C)CC2)CC1. The molecule has 1 aromatic rings. The molecular weight excluding hydrogens is 336 g/mol. The number of nitrogens with one attached hydrogen (secondary N) is 1. The molecule has 0 aromatic carbocycles. The lowest BCUT2D eigenvalue weighted by molar-refractivity contribution is 0.171. The summed E-state index contributed by atoms with van der Waals surface area (Å²) in [6.45, 7) is 4.72. The fourth-order valence-corrected chi connectivity index (χ4v) is 5.11. The fraction of sp³-hybridized carbons (Fsp3) is 0.905. The molecule has 1 aromatic heterocycles. The van der Waals surface area contributed by atoms with Crippen molar-refractivity contribution in [3.63, 3.8) is 0 Å². The lowest BCUT2D eigenvalue weighted by Crippen LogP contribution is -2.46. The Morgan fingerprint density at radius 1 is 0.926 bits per heavy atom. The molecule has 1 heterocycles. The van der Waals surface area contributed by atoms with Crippen LogP contribution in [0.25, 0.3) is 0 Å². The van der Waals surface area contributed by atoms with Crippen molar-refractivity contribution in [2.45, 2.75) is 109 Å². The van der Waals surface area contributed by atoms with Crippen LogP contribution in [0, 0.1) is 11.8 Å². The Morgan fingerprint density at radius 2 is 1.59 bits per heavy atom. The van der Waals surface area contributed by atoms with E-state index in [1.807, 2.05) is 0 Å². The van der Waals surface area contributed by atoms with Crippen LogP contribution >= 0.6 is 0 Å². The number of rotatable bonds is 4. The second-order valence-corrected chi connectivity index (χ2v) is 9.48. The molecule has 6 heteroatoms. The van der Waals surface area contributed by atoms with Crippen LogP contribution in [0.1, 0.15) is 109 Å². The van der Waals surface area contributed by atoms with Crippen LogP contribution in [0.3, 0.4) is 0 Å². The fourth-order valence-electron chi connectivity index (χ4n) is 5.11. The number of hydrazone groups is 1. The second-order valence-electron chi connectivity index (χ2n) is 9.48. The molecule has 6 nitrogen and oxygen atoms in total. The van der Waals surface area contributed by atoms with Crippen LogP contribution in [0.2, 0.25) is 0 Å². The zero-order chi connectivity index (χ0) is 18.7. The van der Waals surface area contributed by atoms with Crippen LogP contribution < -0.4 is 5.43 Å². The monoisotopic (exact) mass is 372 g/mol. The van der Waals surface area contributed by atoms with Crippen molar-refractivity contribution in [1.82, 2.24) is 25.6 Å². The van der Waals surface area contributed by atoms with Gasteiger partial charge in [0, 0.05) is 5.71 Å². The highest BCUT2D eigenvalue weighted by Crippen LogP contribution is 2.40. The van der Waals surface area contributed by atoms with Gasteiger partial charge in [0.05, 0.1) is 6.04 Å². The highest BCUT2D eigenvalue weighted by Gasteiger charge is 2.42. The molecule has 0 spiro atoms. The maximum atomic E-state index is 4.94. The minimum absolute atomic E-state index is 0.191. The first-order chi connectivity index (χ1) is 13.2. The Hall–Kier alpha value is -1.46. The van der Waals surface area contributed by atoms with Crippen molar-refractivity contribution in [1.29, 1.82) is 0 Å². The number of nitrogens with zero attached hydrogens (tertiary/aromatic N) is 5. The summed E-state index contributed by atoms with van der Waals surface area (Å²) in [5.41, 5.74) is 4.79. The maximum Gasteiger partial charge on any atom is 0.178 e. The standard InChI is InChI=1S/C21H36N6/c1-16-8-10-18(11-9-16)22-24-21(14-12-17(2)13-15-21)20-23-25-26-27(20)19-6-4-3-5-7-19/h16-17,19,24H,3-15H2,1-2H3. The molecular formula is C21H36N6. The third-order valence-electron chi connectivity index (χ3n) is 7.25. The lowest BCUT2D eigenvalue weighted by Gasteiger charge is -2.39. The molecule has 150 valence electrons. The Labute approximate surface area is 163 Å². The largest absolute Gasteiger partial charge is 0.296 e. The smallest absolute Gasteiger partial charge is 0.178 e. The van der Waals surface area contributed by atoms with Crippen molar-refractivity contribution in [3.8, 4) is 0 Å². The van der Waals surface area contributed by atoms with Gasteiger partial charge in [-0.2, -0.15) is 5.10 Å². The Kier molecular flexibility index (Phi) is 5.79. The number of hydrogen-bond donors (Lipinski definition) is 1. The van der Waals surface area contributed by atoms with Gasteiger partial charge in [0.25, 0.3) is 0 Å². The molecule has 4 rings (SSSR count). The quantitative estimate of drug-likeness (QED) is 0.775. The van der Waals surface area contributed by atoms with Crippen LogP contribution in [0.5, 0.6) is 0 Å². The predicted octanol–water partition coefficient (Wildman–Crippen LogP) is 4.74. The molecule has 27 heavy (non-hydrogen) atoms. The van der Waals surface area contributed by atoms with Crippen molar-refractivity contribution in [2.75, 3.05) is 0 Å². The molecule has 0 aliphatic heterocycles. The van der Waals surface area contributed by atoms with Gasteiger partial charge in [-0.3, -0.25) is 5.43 Å². The Bertz CT molecular complexity index is 627. The first-order valence-corrected chi connectivity index (χ1v) is 11.3. The summed E-state index contributed by atoms with van der Waals surface area (Å²) in [6, 6.07) is 0.463. The van der Waals surface area contributed by atoms with Gasteiger partial charge >= 0.3 is 0 Å². The predicted molar refractivity (Wildman–Crippen MR) is 107 cm³/mol. The molecule has 3 fully saturated rings. The molecule has 3 saturated carbocycles. The lowest BCUT2D eigenvalue weighted by atomic mass is 9.76. The van der Waals surface area contributed by atoms with E-state index in [0.29, 0.717) is 6.04 Å². The van der Waals surface area contributed by atoms with Crippen molar-refractivity contribution in [2.24, 2.45) is 16.9 Å². The molecule has 3 aliphatic carbocycles. The minimum atomic E-state index is -0.191.